The van der Waals surface area contributed by atoms with Crippen molar-refractivity contribution < 1.29 is 9.18 Å². The van der Waals surface area contributed by atoms with Crippen LogP contribution in [-0.2, 0) is 10.3 Å². The number of fused-ring (bicyclic) bond motifs is 1. The summed E-state index contributed by atoms with van der Waals surface area (Å²) in [5, 5.41) is 1.91. The molecule has 1 aliphatic heterocycles. The van der Waals surface area contributed by atoms with Crippen molar-refractivity contribution in [2.75, 3.05) is 6.54 Å². The van der Waals surface area contributed by atoms with Gasteiger partial charge in [-0.3, -0.25) is 4.79 Å². The molecule has 1 fully saturated rings. The molecule has 3 rings (SSSR count). The Labute approximate surface area is 118 Å². The zero-order valence-electron chi connectivity index (χ0n) is 11.8. The molecule has 1 heterocycles. The molecule has 0 radical (unpaired) electrons. The summed E-state index contributed by atoms with van der Waals surface area (Å²) in [5.74, 6) is -0.105. The maximum absolute atomic E-state index is 13.2. The van der Waals surface area contributed by atoms with Gasteiger partial charge in [-0.1, -0.05) is 18.2 Å². The van der Waals surface area contributed by atoms with E-state index in [0.29, 0.717) is 0 Å². The lowest BCUT2D eigenvalue weighted by Gasteiger charge is -2.35. The van der Waals surface area contributed by atoms with Gasteiger partial charge in [0.05, 0.1) is 5.54 Å². The highest BCUT2D eigenvalue weighted by Gasteiger charge is 2.39. The van der Waals surface area contributed by atoms with Gasteiger partial charge in [-0.15, -0.1) is 0 Å². The summed E-state index contributed by atoms with van der Waals surface area (Å²) in [7, 11) is 0. The minimum atomic E-state index is -0.242. The number of halogens is 1. The Morgan fingerprint density at radius 2 is 1.90 bits per heavy atom. The van der Waals surface area contributed by atoms with Crippen LogP contribution >= 0.6 is 0 Å². The molecule has 2 aromatic carbocycles. The highest BCUT2D eigenvalue weighted by Crippen LogP contribution is 2.39. The highest BCUT2D eigenvalue weighted by molar-refractivity contribution is 5.84. The predicted octanol–water partition coefficient (Wildman–Crippen LogP) is 3.84. The van der Waals surface area contributed by atoms with Crippen LogP contribution in [0.25, 0.3) is 10.8 Å². The van der Waals surface area contributed by atoms with E-state index in [1.54, 1.807) is 19.1 Å². The fourth-order valence-corrected chi connectivity index (χ4v) is 3.32. The maximum Gasteiger partial charge on any atom is 0.220 e. The molecule has 0 aromatic heterocycles. The Balaban J connectivity index is 2.09. The van der Waals surface area contributed by atoms with Gasteiger partial charge < -0.3 is 4.90 Å². The molecule has 0 spiro atoms. The Hall–Kier alpha value is -1.90. The number of hydrogen-bond donors (Lipinski definition) is 0. The van der Waals surface area contributed by atoms with E-state index in [9.17, 15) is 9.18 Å². The average molecular weight is 271 g/mol. The summed E-state index contributed by atoms with van der Waals surface area (Å²) in [6.07, 6.45) is 2.00. The first-order valence-electron chi connectivity index (χ1n) is 6.99. The van der Waals surface area contributed by atoms with Crippen molar-refractivity contribution >= 4 is 16.7 Å². The molecule has 20 heavy (non-hydrogen) atoms. The van der Waals surface area contributed by atoms with E-state index in [1.807, 2.05) is 17.0 Å². The zero-order chi connectivity index (χ0) is 14.3. The second-order valence-electron chi connectivity index (χ2n) is 5.75. The number of likely N-dealkylation sites (tertiary alicyclic amines) is 1. The molecular formula is C17H18FNO. The van der Waals surface area contributed by atoms with Crippen molar-refractivity contribution in [1.29, 1.82) is 0 Å². The van der Waals surface area contributed by atoms with Gasteiger partial charge in [0.15, 0.2) is 0 Å². The van der Waals surface area contributed by atoms with Crippen LogP contribution in [0.2, 0.25) is 0 Å². The van der Waals surface area contributed by atoms with Crippen LogP contribution in [0.5, 0.6) is 0 Å². The number of nitrogens with zero attached hydrogens (tertiary/aromatic N) is 1. The van der Waals surface area contributed by atoms with Gasteiger partial charge in [0.1, 0.15) is 5.82 Å². The lowest BCUT2D eigenvalue weighted by Crippen LogP contribution is -2.41. The third kappa shape index (κ3) is 1.98. The van der Waals surface area contributed by atoms with E-state index in [4.69, 9.17) is 0 Å². The molecule has 2 aromatic rings. The maximum atomic E-state index is 13.2. The molecule has 3 heteroatoms. The molecule has 0 aliphatic carbocycles. The number of carbonyl (C=O) groups excluding carboxylic acids is 1. The van der Waals surface area contributed by atoms with Gasteiger partial charge in [0.2, 0.25) is 5.91 Å². The van der Waals surface area contributed by atoms with Crippen LogP contribution in [0.3, 0.4) is 0 Å². The Morgan fingerprint density at radius 3 is 2.65 bits per heavy atom. The van der Waals surface area contributed by atoms with E-state index < -0.39 is 0 Å². The normalized spacial score (nSPS) is 22.4. The smallest absolute Gasteiger partial charge is 0.220 e. The third-order valence-corrected chi connectivity index (χ3v) is 4.45. The average Bonchev–Trinajstić information content (AvgIpc) is 2.81. The first-order chi connectivity index (χ1) is 9.50. The third-order valence-electron chi connectivity index (χ3n) is 4.45. The molecule has 1 saturated heterocycles. The molecule has 2 nitrogen and oxygen atoms in total. The molecule has 0 N–H and O–H groups in total. The monoisotopic (exact) mass is 271 g/mol. The number of carbonyl (C=O) groups is 1. The van der Waals surface area contributed by atoms with Gasteiger partial charge in [-0.25, -0.2) is 4.39 Å². The predicted molar refractivity (Wildman–Crippen MR) is 77.9 cm³/mol. The van der Waals surface area contributed by atoms with Crippen LogP contribution in [0.15, 0.2) is 36.4 Å². The van der Waals surface area contributed by atoms with Crippen LogP contribution in [0.4, 0.5) is 4.39 Å². The topological polar surface area (TPSA) is 20.3 Å². The van der Waals surface area contributed by atoms with Crippen molar-refractivity contribution in [3.63, 3.8) is 0 Å². The summed E-state index contributed by atoms with van der Waals surface area (Å²) >= 11 is 0. The summed E-state index contributed by atoms with van der Waals surface area (Å²) in [6, 6.07) is 10.9. The highest BCUT2D eigenvalue weighted by atomic mass is 19.1. The fraction of sp³-hybridized carbons (Fsp3) is 0.353. The Bertz CT molecular complexity index is 682. The van der Waals surface area contributed by atoms with Crippen molar-refractivity contribution in [1.82, 2.24) is 4.90 Å². The lowest BCUT2D eigenvalue weighted by atomic mass is 9.88. The van der Waals surface area contributed by atoms with Gasteiger partial charge in [-0.05, 0) is 54.3 Å². The number of hydrogen-bond acceptors (Lipinski definition) is 1. The number of benzene rings is 2. The van der Waals surface area contributed by atoms with Crippen molar-refractivity contribution in [2.45, 2.75) is 32.2 Å². The standard InChI is InChI=1S/C17H18FNO/c1-12(20)19-9-3-8-17(19,2)15-6-4-14-11-16(18)7-5-13(14)10-15/h4-7,10-11H,3,8-9H2,1-2H3. The van der Waals surface area contributed by atoms with E-state index in [-0.39, 0.29) is 17.3 Å². The van der Waals surface area contributed by atoms with E-state index >= 15 is 0 Å². The molecule has 1 unspecified atom stereocenters. The molecule has 1 amide bonds. The van der Waals surface area contributed by atoms with Crippen molar-refractivity contribution in [3.8, 4) is 0 Å². The fourth-order valence-electron chi connectivity index (χ4n) is 3.32. The van der Waals surface area contributed by atoms with E-state index in [0.717, 1.165) is 35.7 Å². The van der Waals surface area contributed by atoms with Gasteiger partial charge in [0, 0.05) is 13.5 Å². The molecule has 104 valence electrons. The van der Waals surface area contributed by atoms with E-state index in [1.165, 1.54) is 6.07 Å². The van der Waals surface area contributed by atoms with Gasteiger partial charge in [0.25, 0.3) is 0 Å². The Kier molecular flexibility index (Phi) is 3.00. The van der Waals surface area contributed by atoms with Crippen LogP contribution in [0.1, 0.15) is 32.3 Å². The van der Waals surface area contributed by atoms with Gasteiger partial charge >= 0.3 is 0 Å². The first kappa shape index (κ1) is 13.1. The minimum absolute atomic E-state index is 0.115. The Morgan fingerprint density at radius 1 is 1.20 bits per heavy atom. The summed E-state index contributed by atoms with van der Waals surface area (Å²) < 4.78 is 13.2. The number of amides is 1. The quantitative estimate of drug-likeness (QED) is 0.771. The van der Waals surface area contributed by atoms with Crippen molar-refractivity contribution in [3.05, 3.63) is 47.8 Å². The minimum Gasteiger partial charge on any atom is -0.333 e. The molecule has 1 atom stereocenters. The second kappa shape index (κ2) is 4.58. The van der Waals surface area contributed by atoms with Gasteiger partial charge in [-0.2, -0.15) is 0 Å². The zero-order valence-corrected chi connectivity index (χ0v) is 11.8. The van der Waals surface area contributed by atoms with Crippen molar-refractivity contribution in [2.24, 2.45) is 0 Å². The van der Waals surface area contributed by atoms with Crippen LogP contribution in [-0.4, -0.2) is 17.4 Å². The number of rotatable bonds is 1. The largest absolute Gasteiger partial charge is 0.333 e. The molecule has 0 bridgehead atoms. The first-order valence-corrected chi connectivity index (χ1v) is 6.99. The van der Waals surface area contributed by atoms with Crippen LogP contribution < -0.4 is 0 Å². The summed E-state index contributed by atoms with van der Waals surface area (Å²) in [4.78, 5) is 13.8. The lowest BCUT2D eigenvalue weighted by molar-refractivity contribution is -0.132. The molecule has 1 aliphatic rings. The van der Waals surface area contributed by atoms with E-state index in [2.05, 4.69) is 13.0 Å². The molecular weight excluding hydrogens is 253 g/mol. The summed E-state index contributed by atoms with van der Waals surface area (Å²) in [5.41, 5.74) is 0.887. The SMILES string of the molecule is CC(=O)N1CCCC1(C)c1ccc2cc(F)ccc2c1. The summed E-state index contributed by atoms with van der Waals surface area (Å²) in [6.45, 7) is 4.55. The second-order valence-corrected chi connectivity index (χ2v) is 5.75. The molecule has 0 saturated carbocycles. The van der Waals surface area contributed by atoms with Crippen LogP contribution in [0, 0.1) is 5.82 Å².